The van der Waals surface area contributed by atoms with Gasteiger partial charge in [0.2, 0.25) is 0 Å². The number of pyridine rings is 1. The molecule has 3 heterocycles. The number of hydrogen-bond donors (Lipinski definition) is 0. The van der Waals surface area contributed by atoms with Crippen molar-refractivity contribution in [3.05, 3.63) is 71.6 Å². The van der Waals surface area contributed by atoms with Crippen LogP contribution in [0, 0.1) is 6.92 Å². The van der Waals surface area contributed by atoms with Gasteiger partial charge in [0.25, 0.3) is 0 Å². The predicted molar refractivity (Wildman–Crippen MR) is 99.6 cm³/mol. The summed E-state index contributed by atoms with van der Waals surface area (Å²) in [6.07, 6.45) is 2.31. The zero-order valence-electron chi connectivity index (χ0n) is 14.4. The van der Waals surface area contributed by atoms with Crippen LogP contribution in [0.2, 0.25) is 0 Å². The molecule has 3 nitrogen and oxygen atoms in total. The van der Waals surface area contributed by atoms with E-state index in [1.807, 2.05) is 49.4 Å². The minimum atomic E-state index is -4.48. The average molecular weight is 365 g/mol. The maximum absolute atomic E-state index is 13.2. The molecule has 0 fully saturated rings. The van der Waals surface area contributed by atoms with Gasteiger partial charge in [-0.15, -0.1) is 0 Å². The van der Waals surface area contributed by atoms with Crippen molar-refractivity contribution in [2.75, 3.05) is 0 Å². The number of halogens is 3. The monoisotopic (exact) mass is 365 g/mol. The van der Waals surface area contributed by atoms with Gasteiger partial charge in [-0.2, -0.15) is 13.2 Å². The molecule has 0 N–H and O–H groups in total. The lowest BCUT2D eigenvalue weighted by atomic mass is 9.96. The molecule has 0 atom stereocenters. The van der Waals surface area contributed by atoms with Gasteiger partial charge in [-0.25, -0.2) is 4.98 Å². The van der Waals surface area contributed by atoms with Gasteiger partial charge in [0.1, 0.15) is 11.3 Å². The van der Waals surface area contributed by atoms with Gasteiger partial charge >= 0.3 is 6.18 Å². The van der Waals surface area contributed by atoms with Crippen LogP contribution in [0.3, 0.4) is 0 Å². The van der Waals surface area contributed by atoms with E-state index in [2.05, 4.69) is 4.98 Å². The Kier molecular flexibility index (Phi) is 3.22. The van der Waals surface area contributed by atoms with Crippen molar-refractivity contribution in [1.29, 1.82) is 0 Å². The average Bonchev–Trinajstić information content (AvgIpc) is 3.17. The van der Waals surface area contributed by atoms with Crippen molar-refractivity contribution >= 4 is 28.0 Å². The number of hydrogen-bond acceptors (Lipinski definition) is 2. The summed E-state index contributed by atoms with van der Waals surface area (Å²) in [4.78, 5) is 8.63. The Morgan fingerprint density at radius 2 is 1.96 bits per heavy atom. The Labute approximate surface area is 153 Å². The standard InChI is InChI=1S/C21H14F3N3/c1-12-11-13-9-10-18(21(22,23)24)26-20(13)27(12)17-8-4-7-16-19(17)14-5-2-3-6-15(14)25-16/h2-5,7-11H,6H2,1H3. The summed E-state index contributed by atoms with van der Waals surface area (Å²) >= 11 is 0. The maximum atomic E-state index is 13.2. The summed E-state index contributed by atoms with van der Waals surface area (Å²) < 4.78 is 41.4. The number of aromatic nitrogens is 2. The molecule has 3 aromatic rings. The highest BCUT2D eigenvalue weighted by Gasteiger charge is 2.33. The second kappa shape index (κ2) is 5.42. The number of rotatable bonds is 1. The third-order valence-corrected chi connectivity index (χ3v) is 4.93. The van der Waals surface area contributed by atoms with E-state index in [4.69, 9.17) is 4.99 Å². The minimum Gasteiger partial charge on any atom is -0.298 e. The van der Waals surface area contributed by atoms with E-state index in [0.29, 0.717) is 11.0 Å². The summed E-state index contributed by atoms with van der Waals surface area (Å²) in [6, 6.07) is 10.1. The largest absolute Gasteiger partial charge is 0.433 e. The van der Waals surface area contributed by atoms with Crippen LogP contribution in [-0.4, -0.2) is 15.3 Å². The fraction of sp³-hybridized carbons (Fsp3) is 0.143. The van der Waals surface area contributed by atoms with E-state index in [-0.39, 0.29) is 0 Å². The Bertz CT molecular complexity index is 1190. The molecule has 1 aliphatic heterocycles. The van der Waals surface area contributed by atoms with Crippen molar-refractivity contribution in [3.8, 4) is 5.69 Å². The molecule has 134 valence electrons. The lowest BCUT2D eigenvalue weighted by Crippen LogP contribution is -2.09. The SMILES string of the molecule is Cc1cc2ccc(C(F)(F)F)nc2n1-c1cccc2c1C1=CC=CCC1=N2. The second-order valence-corrected chi connectivity index (χ2v) is 6.67. The lowest BCUT2D eigenvalue weighted by molar-refractivity contribution is -0.141. The second-order valence-electron chi connectivity index (χ2n) is 6.67. The van der Waals surface area contributed by atoms with Gasteiger partial charge in [0.05, 0.1) is 17.1 Å². The molecule has 1 aliphatic carbocycles. The Balaban J connectivity index is 1.80. The van der Waals surface area contributed by atoms with Crippen molar-refractivity contribution in [2.24, 2.45) is 4.99 Å². The van der Waals surface area contributed by atoms with Crippen molar-refractivity contribution in [2.45, 2.75) is 19.5 Å². The van der Waals surface area contributed by atoms with E-state index >= 15 is 0 Å². The molecule has 0 amide bonds. The predicted octanol–water partition coefficient (Wildman–Crippen LogP) is 5.78. The number of fused-ring (bicyclic) bond motifs is 4. The highest BCUT2D eigenvalue weighted by atomic mass is 19.4. The zero-order valence-corrected chi connectivity index (χ0v) is 14.4. The van der Waals surface area contributed by atoms with Crippen LogP contribution in [0.25, 0.3) is 22.3 Å². The first-order valence-electron chi connectivity index (χ1n) is 8.58. The van der Waals surface area contributed by atoms with Gasteiger partial charge in [-0.1, -0.05) is 24.3 Å². The fourth-order valence-electron chi connectivity index (χ4n) is 3.78. The molecule has 0 saturated carbocycles. The lowest BCUT2D eigenvalue weighted by Gasteiger charge is -2.15. The molecule has 27 heavy (non-hydrogen) atoms. The van der Waals surface area contributed by atoms with Gasteiger partial charge in [-0.05, 0) is 37.3 Å². The number of nitrogens with zero attached hydrogens (tertiary/aromatic N) is 3. The summed E-state index contributed by atoms with van der Waals surface area (Å²) in [5.41, 5.74) is 4.82. The first-order valence-corrected chi connectivity index (χ1v) is 8.58. The van der Waals surface area contributed by atoms with E-state index in [1.54, 1.807) is 4.57 Å². The highest BCUT2D eigenvalue weighted by Crippen LogP contribution is 2.42. The van der Waals surface area contributed by atoms with E-state index in [9.17, 15) is 13.2 Å². The maximum Gasteiger partial charge on any atom is 0.433 e. The molecule has 0 radical (unpaired) electrons. The minimum absolute atomic E-state index is 0.302. The van der Waals surface area contributed by atoms with Gasteiger partial charge in [0.15, 0.2) is 0 Å². The smallest absolute Gasteiger partial charge is 0.298 e. The first-order chi connectivity index (χ1) is 12.9. The van der Waals surface area contributed by atoms with E-state index in [0.717, 1.165) is 46.4 Å². The molecule has 0 saturated heterocycles. The van der Waals surface area contributed by atoms with E-state index < -0.39 is 11.9 Å². The molecule has 2 aliphatic rings. The number of aliphatic imine (C=N–C) groups is 1. The van der Waals surface area contributed by atoms with Crippen molar-refractivity contribution < 1.29 is 13.2 Å². The summed E-state index contributed by atoms with van der Waals surface area (Å²) in [5, 5.41) is 0.676. The third-order valence-electron chi connectivity index (χ3n) is 4.93. The topological polar surface area (TPSA) is 30.2 Å². The van der Waals surface area contributed by atoms with Crippen molar-refractivity contribution in [3.63, 3.8) is 0 Å². The molecular formula is C21H14F3N3. The number of benzene rings is 1. The highest BCUT2D eigenvalue weighted by molar-refractivity contribution is 6.31. The molecule has 0 bridgehead atoms. The van der Waals surface area contributed by atoms with Crippen LogP contribution < -0.4 is 0 Å². The summed E-state index contributed by atoms with van der Waals surface area (Å²) in [5.74, 6) is 0. The van der Waals surface area contributed by atoms with Crippen LogP contribution in [-0.2, 0) is 6.18 Å². The quantitative estimate of drug-likeness (QED) is 0.537. The van der Waals surface area contributed by atoms with Crippen LogP contribution in [0.1, 0.15) is 23.4 Å². The third kappa shape index (κ3) is 2.36. The first kappa shape index (κ1) is 16.1. The molecule has 1 aromatic carbocycles. The molecule has 6 heteroatoms. The Hall–Kier alpha value is -3.15. The number of alkyl halides is 3. The molecular weight excluding hydrogens is 351 g/mol. The van der Waals surface area contributed by atoms with Gasteiger partial charge in [0, 0.05) is 28.6 Å². The zero-order chi connectivity index (χ0) is 18.8. The van der Waals surface area contributed by atoms with Gasteiger partial charge in [-0.3, -0.25) is 9.56 Å². The van der Waals surface area contributed by atoms with Crippen molar-refractivity contribution in [1.82, 2.24) is 9.55 Å². The summed E-state index contributed by atoms with van der Waals surface area (Å²) in [6.45, 7) is 1.88. The van der Waals surface area contributed by atoms with Gasteiger partial charge < -0.3 is 0 Å². The van der Waals surface area contributed by atoms with Crippen LogP contribution in [0.5, 0.6) is 0 Å². The van der Waals surface area contributed by atoms with Crippen LogP contribution in [0.15, 0.2) is 59.6 Å². The van der Waals surface area contributed by atoms with E-state index in [1.165, 1.54) is 6.07 Å². The van der Waals surface area contributed by atoms with Crippen LogP contribution in [0.4, 0.5) is 18.9 Å². The molecule has 5 rings (SSSR count). The van der Waals surface area contributed by atoms with Crippen LogP contribution >= 0.6 is 0 Å². The normalized spacial score (nSPS) is 15.6. The Morgan fingerprint density at radius 3 is 2.78 bits per heavy atom. The molecule has 0 unspecified atom stereocenters. The molecule has 0 spiro atoms. The summed E-state index contributed by atoms with van der Waals surface area (Å²) in [7, 11) is 0. The molecule has 2 aromatic heterocycles. The fourth-order valence-corrected chi connectivity index (χ4v) is 3.78. The Morgan fingerprint density at radius 1 is 1.11 bits per heavy atom. The number of aryl methyl sites for hydroxylation is 1. The number of allylic oxidation sites excluding steroid dienone is 4.